The fourth-order valence-corrected chi connectivity index (χ4v) is 9.00. The molecular weight excluding hydrogens is 716 g/mol. The predicted molar refractivity (Wildman–Crippen MR) is 227 cm³/mol. The maximum atomic E-state index is 13.0. The number of hydrogen-bond donors (Lipinski definition) is 4. The third-order valence-electron chi connectivity index (χ3n) is 14.1. The summed E-state index contributed by atoms with van der Waals surface area (Å²) in [6.07, 6.45) is 7.35. The van der Waals surface area contributed by atoms with E-state index in [-0.39, 0.29) is 18.0 Å². The van der Waals surface area contributed by atoms with E-state index >= 15 is 0 Å². The van der Waals surface area contributed by atoms with Crippen LogP contribution in [0.1, 0.15) is 127 Å². The van der Waals surface area contributed by atoms with E-state index in [4.69, 9.17) is 24.3 Å². The van der Waals surface area contributed by atoms with Crippen LogP contribution in [0.3, 0.4) is 0 Å². The number of nitrogens with two attached hydrogens (primary N) is 1. The number of rotatable bonds is 24. The Morgan fingerprint density at radius 1 is 0.982 bits per heavy atom. The number of fused-ring (bicyclic) bond motifs is 1. The molecule has 1 fully saturated rings. The van der Waals surface area contributed by atoms with Gasteiger partial charge in [-0.25, -0.2) is 0 Å². The number of imidazole rings is 1. The first-order chi connectivity index (χ1) is 25.9. The first kappa shape index (κ1) is 47.3. The van der Waals surface area contributed by atoms with Crippen molar-refractivity contribution in [2.45, 2.75) is 145 Å². The predicted octanol–water partition coefficient (Wildman–Crippen LogP) is 7.31. The molecule has 2 aromatic rings. The summed E-state index contributed by atoms with van der Waals surface area (Å²) in [5, 5.41) is 7.07. The van der Waals surface area contributed by atoms with Crippen LogP contribution in [-0.2, 0) is 18.5 Å². The van der Waals surface area contributed by atoms with E-state index in [9.17, 15) is 9.69 Å². The van der Waals surface area contributed by atoms with Crippen LogP contribution < -0.4 is 16.4 Å². The van der Waals surface area contributed by atoms with Crippen LogP contribution in [0, 0.1) is 47.3 Å². The number of nitrogen functional groups attached to an aromatic ring is 1. The number of nitrogens with zero attached hydrogens (tertiary/aromatic N) is 4. The SMILES string of the molecule is B[PH](O)(OC)OC[C@@H]1C[C@H](OC(=O)NCCCCCCNC(C)(C(C)C(C)C(C)C(C)CC)C(C)C(C)C(C)C(C)CC)[C@H](n2cnc3c(N)ncnc32)O1. The van der Waals surface area contributed by atoms with Gasteiger partial charge in [-0.3, -0.25) is 0 Å². The van der Waals surface area contributed by atoms with Crippen LogP contribution in [0.2, 0.25) is 0 Å². The van der Waals surface area contributed by atoms with Gasteiger partial charge in [0.15, 0.2) is 0 Å². The molecule has 0 saturated carbocycles. The molecule has 1 saturated heterocycles. The summed E-state index contributed by atoms with van der Waals surface area (Å²) in [7, 11) is -0.340. The third kappa shape index (κ3) is 12.5. The molecule has 15 heteroatoms. The van der Waals surface area contributed by atoms with Crippen molar-refractivity contribution in [2.24, 2.45) is 47.3 Å². The number of carbonyl (C=O) groups is 1. The molecule has 0 aliphatic carbocycles. The van der Waals surface area contributed by atoms with E-state index in [1.54, 1.807) is 10.9 Å². The van der Waals surface area contributed by atoms with Gasteiger partial charge in [0, 0.05) is 5.54 Å². The van der Waals surface area contributed by atoms with Crippen LogP contribution in [0.5, 0.6) is 0 Å². The van der Waals surface area contributed by atoms with Gasteiger partial charge in [-0.2, -0.15) is 0 Å². The third-order valence-corrected chi connectivity index (χ3v) is 15.5. The van der Waals surface area contributed by atoms with Gasteiger partial charge in [-0.05, 0) is 67.2 Å². The second-order valence-corrected chi connectivity index (χ2v) is 19.7. The summed E-state index contributed by atoms with van der Waals surface area (Å²) in [5.74, 6) is 5.26. The summed E-state index contributed by atoms with van der Waals surface area (Å²) < 4.78 is 24.6. The monoisotopic (exact) mass is 794 g/mol. The number of amides is 1. The fraction of sp³-hybridized carbons (Fsp3) is 0.850. The van der Waals surface area contributed by atoms with Crippen molar-refractivity contribution < 1.29 is 28.2 Å². The normalized spacial score (nSPS) is 23.6. The minimum atomic E-state index is -3.28. The maximum absolute atomic E-state index is 13.0. The zero-order chi connectivity index (χ0) is 41.1. The van der Waals surface area contributed by atoms with Crippen molar-refractivity contribution in [3.05, 3.63) is 12.7 Å². The molecule has 8 unspecified atom stereocenters. The van der Waals surface area contributed by atoms with Crippen LogP contribution >= 0.6 is 7.82 Å². The molecule has 3 heterocycles. The van der Waals surface area contributed by atoms with E-state index in [1.807, 2.05) is 0 Å². The van der Waals surface area contributed by atoms with Crippen molar-refractivity contribution in [2.75, 3.05) is 32.5 Å². The number of alkyl carbamates (subject to hydrolysis) is 1. The van der Waals surface area contributed by atoms with Crippen LogP contribution in [0.15, 0.2) is 12.7 Å². The number of nitrogens with one attached hydrogen (secondary N) is 2. The van der Waals surface area contributed by atoms with Crippen molar-refractivity contribution in [3.8, 4) is 0 Å². The number of unbranched alkanes of at least 4 members (excludes halogenated alkanes) is 3. The van der Waals surface area contributed by atoms with Gasteiger partial charge >= 0.3 is 174 Å². The Bertz CT molecular complexity index is 1430. The van der Waals surface area contributed by atoms with E-state index in [2.05, 4.69) is 102 Å². The number of carbonyl (C=O) groups excluding carboxylic acids is 1. The Kier molecular flexibility index (Phi) is 18.6. The fourth-order valence-electron chi connectivity index (χ4n) is 8.39. The van der Waals surface area contributed by atoms with Gasteiger partial charge in [-0.15, -0.1) is 0 Å². The summed E-state index contributed by atoms with van der Waals surface area (Å²) in [6, 6.07) is 0. The van der Waals surface area contributed by atoms with Crippen LogP contribution in [-0.4, -0.2) is 82.6 Å². The Labute approximate surface area is 333 Å². The molecule has 1 amide bonds. The molecule has 1 aliphatic rings. The number of aromatic nitrogens is 4. The quantitative estimate of drug-likeness (QED) is 0.0478. The number of ether oxygens (including phenoxy) is 2. The molecule has 55 heavy (non-hydrogen) atoms. The molecule has 11 atom stereocenters. The van der Waals surface area contributed by atoms with Gasteiger partial charge in [-0.1, -0.05) is 82.1 Å². The molecule has 1 aliphatic heterocycles. The molecule has 5 N–H and O–H groups in total. The van der Waals surface area contributed by atoms with E-state index in [0.29, 0.717) is 71.5 Å². The van der Waals surface area contributed by atoms with E-state index in [1.165, 1.54) is 33.8 Å². The molecule has 0 spiro atoms. The molecule has 0 radical (unpaired) electrons. The minimum absolute atomic E-state index is 0.0204. The zero-order valence-corrected chi connectivity index (χ0v) is 37.4. The Hall–Kier alpha value is -2.09. The van der Waals surface area contributed by atoms with Gasteiger partial charge < -0.3 is 5.32 Å². The van der Waals surface area contributed by atoms with Crippen molar-refractivity contribution in [1.29, 1.82) is 0 Å². The molecule has 0 aromatic carbocycles. The molecular formula is C40H77BN7O6P. The Morgan fingerprint density at radius 3 is 2.13 bits per heavy atom. The van der Waals surface area contributed by atoms with Crippen molar-refractivity contribution in [1.82, 2.24) is 30.2 Å². The topological polar surface area (TPSA) is 168 Å². The second-order valence-electron chi connectivity index (χ2n) is 17.2. The molecule has 316 valence electrons. The van der Waals surface area contributed by atoms with Gasteiger partial charge in [0.05, 0.1) is 0 Å². The summed E-state index contributed by atoms with van der Waals surface area (Å²) in [5.41, 5.74) is 6.94. The van der Waals surface area contributed by atoms with Crippen LogP contribution in [0.4, 0.5) is 10.6 Å². The van der Waals surface area contributed by atoms with Crippen molar-refractivity contribution in [3.63, 3.8) is 0 Å². The first-order valence-corrected chi connectivity index (χ1v) is 23.4. The average molecular weight is 794 g/mol. The summed E-state index contributed by atoms with van der Waals surface area (Å²) >= 11 is 0. The molecule has 3 rings (SSSR count). The molecule has 2 aromatic heterocycles. The summed E-state index contributed by atoms with van der Waals surface area (Å²) in [4.78, 5) is 36.1. The Balaban J connectivity index is 1.54. The van der Waals surface area contributed by atoms with E-state index < -0.39 is 32.4 Å². The molecule has 13 nitrogen and oxygen atoms in total. The summed E-state index contributed by atoms with van der Waals surface area (Å²) in [6.45, 7) is 28.3. The average Bonchev–Trinajstić information content (AvgIpc) is 3.79. The number of anilines is 1. The Morgan fingerprint density at radius 2 is 1.56 bits per heavy atom. The first-order valence-electron chi connectivity index (χ1n) is 21.1. The van der Waals surface area contributed by atoms with Gasteiger partial charge in [0.1, 0.15) is 0 Å². The zero-order valence-electron chi connectivity index (χ0n) is 36.4. The second kappa shape index (κ2) is 21.6. The van der Waals surface area contributed by atoms with Crippen LogP contribution in [0.25, 0.3) is 11.2 Å². The molecule has 0 bridgehead atoms. The van der Waals surface area contributed by atoms with E-state index in [0.717, 1.165) is 32.2 Å². The standard InChI is InChI=1S/C40H77BN7O6P/c1-13-25(3)27(5)29(7)31(9)40(11,32(10)30(8)28(6)26(4)14-2)47-20-18-16-15-17-19-43-39(49)54-34-21-33(22-52-55(41,50)51-12)53-38(34)48-24-46-35-36(42)44-23-45-37(35)48/h23-34,38,47,50,55H,13-22,41H2,1-12H3,(H,43,49)(H2,42,44,45)/t25?,26?,27?,28?,29?,30?,31?,32?,33-,34-,38+,40?/m0/s1. The van der Waals surface area contributed by atoms with Gasteiger partial charge in [0.2, 0.25) is 0 Å². The van der Waals surface area contributed by atoms with Crippen molar-refractivity contribution >= 4 is 38.5 Å². The number of hydrogen-bond acceptors (Lipinski definition) is 11. The van der Waals surface area contributed by atoms with Gasteiger partial charge in [0.25, 0.3) is 0 Å².